The van der Waals surface area contributed by atoms with Gasteiger partial charge in [-0.25, -0.2) is 0 Å². The maximum atomic E-state index is 12.8. The minimum Gasteiger partial charge on any atom is -0.397 e. The lowest BCUT2D eigenvalue weighted by Gasteiger charge is -2.10. The van der Waals surface area contributed by atoms with E-state index in [1.54, 1.807) is 23.5 Å². The van der Waals surface area contributed by atoms with E-state index >= 15 is 0 Å². The fourth-order valence-corrected chi connectivity index (χ4v) is 4.40. The highest BCUT2D eigenvalue weighted by molar-refractivity contribution is 7.13. The van der Waals surface area contributed by atoms with Crippen molar-refractivity contribution in [3.63, 3.8) is 0 Å². The second-order valence-electron chi connectivity index (χ2n) is 7.91. The third-order valence-electron chi connectivity index (χ3n) is 5.56. The monoisotopic (exact) mass is 465 g/mol. The van der Waals surface area contributed by atoms with Gasteiger partial charge in [-0.2, -0.15) is 0 Å². The Bertz CT molecular complexity index is 1390. The number of nitrogens with zero attached hydrogens (tertiary/aromatic N) is 3. The van der Waals surface area contributed by atoms with Gasteiger partial charge in [0.25, 0.3) is 5.91 Å². The molecule has 2 aromatic heterocycles. The van der Waals surface area contributed by atoms with Crippen LogP contribution in [0, 0.1) is 0 Å². The van der Waals surface area contributed by atoms with Gasteiger partial charge >= 0.3 is 0 Å². The molecule has 0 atom stereocenters. The zero-order valence-corrected chi connectivity index (χ0v) is 19.2. The summed E-state index contributed by atoms with van der Waals surface area (Å²) in [6, 6.07) is 27.3. The molecule has 1 amide bonds. The molecule has 0 aliphatic heterocycles. The van der Waals surface area contributed by atoms with E-state index in [4.69, 9.17) is 5.73 Å². The summed E-state index contributed by atoms with van der Waals surface area (Å²) in [5, 5.41) is 13.5. The van der Waals surface area contributed by atoms with Crippen molar-refractivity contribution in [3.8, 4) is 21.7 Å². The van der Waals surface area contributed by atoms with Crippen LogP contribution in [0.5, 0.6) is 0 Å². The van der Waals surface area contributed by atoms with Crippen molar-refractivity contribution < 1.29 is 4.79 Å². The molecule has 0 fully saturated rings. The van der Waals surface area contributed by atoms with Crippen LogP contribution in [0.25, 0.3) is 21.7 Å². The van der Waals surface area contributed by atoms with E-state index in [9.17, 15) is 4.79 Å². The number of carbonyl (C=O) groups excluding carboxylic acids is 1. The molecule has 34 heavy (non-hydrogen) atoms. The van der Waals surface area contributed by atoms with Gasteiger partial charge in [0.05, 0.1) is 17.6 Å². The van der Waals surface area contributed by atoms with Crippen molar-refractivity contribution in [1.82, 2.24) is 15.0 Å². The summed E-state index contributed by atoms with van der Waals surface area (Å²) in [7, 11) is 0. The number of nitrogens with two attached hydrogens (primary N) is 1. The molecule has 0 aliphatic rings. The molecule has 0 bridgehead atoms. The smallest absolute Gasteiger partial charge is 0.255 e. The molecule has 3 N–H and O–H groups in total. The molecule has 0 unspecified atom stereocenters. The lowest BCUT2D eigenvalue weighted by molar-refractivity contribution is 0.102. The van der Waals surface area contributed by atoms with Gasteiger partial charge in [-0.05, 0) is 53.3 Å². The first-order valence-corrected chi connectivity index (χ1v) is 11.8. The Kier molecular flexibility index (Phi) is 6.18. The van der Waals surface area contributed by atoms with Crippen LogP contribution in [-0.4, -0.2) is 20.9 Å². The molecule has 0 aliphatic carbocycles. The minimum atomic E-state index is -0.215. The topological polar surface area (TPSA) is 85.8 Å². The van der Waals surface area contributed by atoms with Crippen molar-refractivity contribution in [1.29, 1.82) is 0 Å². The Labute approximate surface area is 201 Å². The van der Waals surface area contributed by atoms with E-state index in [1.807, 2.05) is 76.9 Å². The molecule has 7 heteroatoms. The van der Waals surface area contributed by atoms with Crippen LogP contribution >= 0.6 is 11.3 Å². The summed E-state index contributed by atoms with van der Waals surface area (Å²) >= 11 is 1.64. The first-order valence-electron chi connectivity index (χ1n) is 10.9. The van der Waals surface area contributed by atoms with Crippen LogP contribution in [0.1, 0.15) is 15.9 Å². The second kappa shape index (κ2) is 9.72. The maximum absolute atomic E-state index is 12.8. The normalized spacial score (nSPS) is 10.8. The zero-order valence-electron chi connectivity index (χ0n) is 18.4. The third kappa shape index (κ3) is 4.89. The average molecular weight is 466 g/mol. The Morgan fingerprint density at radius 1 is 0.941 bits per heavy atom. The highest BCUT2D eigenvalue weighted by Crippen LogP contribution is 2.30. The number of nitrogens with one attached hydrogen (secondary N) is 1. The van der Waals surface area contributed by atoms with E-state index in [2.05, 4.69) is 27.8 Å². The molecule has 3 aromatic carbocycles. The van der Waals surface area contributed by atoms with Crippen LogP contribution in [0.15, 0.2) is 96.5 Å². The van der Waals surface area contributed by atoms with E-state index in [0.29, 0.717) is 16.9 Å². The van der Waals surface area contributed by atoms with E-state index in [1.165, 1.54) is 5.56 Å². The molecule has 5 aromatic rings. The summed E-state index contributed by atoms with van der Waals surface area (Å²) in [5.74, 6) is -0.215. The standard InChI is InChI=1S/C27H23N5OS/c28-23-13-12-22(26-7-4-16-34-26)17-24(23)29-27(33)21-10-8-20(9-11-21)25-18-32(31-30-25)15-14-19-5-2-1-3-6-19/h1-13,16-18H,14-15,28H2,(H,29,33). The van der Waals surface area contributed by atoms with Gasteiger partial charge in [0.1, 0.15) is 5.69 Å². The summed E-state index contributed by atoms with van der Waals surface area (Å²) in [4.78, 5) is 14.0. The first-order chi connectivity index (χ1) is 16.7. The Balaban J connectivity index is 1.25. The number of carbonyl (C=O) groups is 1. The Morgan fingerprint density at radius 3 is 2.50 bits per heavy atom. The highest BCUT2D eigenvalue weighted by Gasteiger charge is 2.11. The van der Waals surface area contributed by atoms with Gasteiger partial charge in [-0.3, -0.25) is 9.48 Å². The minimum absolute atomic E-state index is 0.215. The van der Waals surface area contributed by atoms with Gasteiger partial charge in [-0.15, -0.1) is 16.4 Å². The van der Waals surface area contributed by atoms with Crippen LogP contribution in [-0.2, 0) is 13.0 Å². The van der Waals surface area contributed by atoms with Crippen molar-refractivity contribution in [2.75, 3.05) is 11.1 Å². The van der Waals surface area contributed by atoms with Gasteiger partial charge in [0.15, 0.2) is 0 Å². The number of hydrogen-bond donors (Lipinski definition) is 2. The number of thiophene rings is 1. The van der Waals surface area contributed by atoms with Gasteiger partial charge in [-0.1, -0.05) is 59.8 Å². The van der Waals surface area contributed by atoms with Gasteiger partial charge in [0.2, 0.25) is 0 Å². The highest BCUT2D eigenvalue weighted by atomic mass is 32.1. The van der Waals surface area contributed by atoms with E-state index in [0.717, 1.165) is 34.7 Å². The van der Waals surface area contributed by atoms with E-state index < -0.39 is 0 Å². The lowest BCUT2D eigenvalue weighted by atomic mass is 10.1. The summed E-state index contributed by atoms with van der Waals surface area (Å²) in [6.07, 6.45) is 2.81. The Morgan fingerprint density at radius 2 is 1.74 bits per heavy atom. The number of rotatable bonds is 7. The number of aryl methyl sites for hydroxylation is 2. The van der Waals surface area contributed by atoms with Gasteiger partial charge in [0, 0.05) is 22.5 Å². The second-order valence-corrected chi connectivity index (χ2v) is 8.86. The van der Waals surface area contributed by atoms with Crippen LogP contribution < -0.4 is 11.1 Å². The summed E-state index contributed by atoms with van der Waals surface area (Å²) in [5.41, 5.74) is 11.7. The summed E-state index contributed by atoms with van der Waals surface area (Å²) < 4.78 is 1.84. The predicted molar refractivity (Wildman–Crippen MR) is 138 cm³/mol. The maximum Gasteiger partial charge on any atom is 0.255 e. The van der Waals surface area contributed by atoms with Gasteiger partial charge < -0.3 is 11.1 Å². The van der Waals surface area contributed by atoms with Crippen LogP contribution in [0.3, 0.4) is 0 Å². The molecule has 0 spiro atoms. The number of benzene rings is 3. The van der Waals surface area contributed by atoms with Crippen LogP contribution in [0.2, 0.25) is 0 Å². The fraction of sp³-hybridized carbons (Fsp3) is 0.0741. The molecular weight excluding hydrogens is 442 g/mol. The molecule has 0 saturated carbocycles. The molecule has 168 valence electrons. The number of nitrogen functional groups attached to an aromatic ring is 1. The number of amides is 1. The van der Waals surface area contributed by atoms with Crippen molar-refractivity contribution in [2.24, 2.45) is 0 Å². The van der Waals surface area contributed by atoms with Crippen LogP contribution in [0.4, 0.5) is 11.4 Å². The largest absolute Gasteiger partial charge is 0.397 e. The zero-order chi connectivity index (χ0) is 23.3. The van der Waals surface area contributed by atoms with Crippen molar-refractivity contribution in [3.05, 3.63) is 108 Å². The molecular formula is C27H23N5OS. The molecule has 0 radical (unpaired) electrons. The SMILES string of the molecule is Nc1ccc(-c2cccs2)cc1NC(=O)c1ccc(-c2cn(CCc3ccccc3)nn2)cc1. The van der Waals surface area contributed by atoms with E-state index in [-0.39, 0.29) is 5.91 Å². The molecule has 2 heterocycles. The predicted octanol–water partition coefficient (Wildman–Crippen LogP) is 5.75. The number of hydrogen-bond acceptors (Lipinski definition) is 5. The first kappa shape index (κ1) is 21.6. The quantitative estimate of drug-likeness (QED) is 0.300. The molecule has 6 nitrogen and oxygen atoms in total. The van der Waals surface area contributed by atoms with Crippen molar-refractivity contribution in [2.45, 2.75) is 13.0 Å². The summed E-state index contributed by atoms with van der Waals surface area (Å²) in [6.45, 7) is 0.753. The van der Waals surface area contributed by atoms with Crippen molar-refractivity contribution >= 4 is 28.6 Å². The average Bonchev–Trinajstić information content (AvgIpc) is 3.58. The fourth-order valence-electron chi connectivity index (χ4n) is 3.68. The lowest BCUT2D eigenvalue weighted by Crippen LogP contribution is -2.13. The Hall–Kier alpha value is -4.23. The third-order valence-corrected chi connectivity index (χ3v) is 6.48. The number of aromatic nitrogens is 3. The number of anilines is 2. The molecule has 5 rings (SSSR count). The molecule has 0 saturated heterocycles.